The smallest absolute Gasteiger partial charge is 0.254 e. The van der Waals surface area contributed by atoms with Crippen LogP contribution in [0.4, 0.5) is 4.39 Å². The van der Waals surface area contributed by atoms with Crippen LogP contribution in [0.15, 0.2) is 30.5 Å². The number of carbonyl (C=O) groups excluding carboxylic acids is 1. The Morgan fingerprint density at radius 1 is 1.25 bits per heavy atom. The summed E-state index contributed by atoms with van der Waals surface area (Å²) in [6.45, 7) is 9.48. The molecule has 0 spiro atoms. The maximum absolute atomic E-state index is 13.1. The molecule has 130 valence electrons. The number of aromatic nitrogens is 2. The number of hydrogen-bond donors (Lipinski definition) is 2. The highest BCUT2D eigenvalue weighted by atomic mass is 19.1. The molecule has 0 saturated carbocycles. The molecule has 24 heavy (non-hydrogen) atoms. The van der Waals surface area contributed by atoms with Crippen LogP contribution in [0.3, 0.4) is 0 Å². The number of nitrogens with one attached hydrogen (secondary N) is 2. The third-order valence-corrected chi connectivity index (χ3v) is 3.79. The Kier molecular flexibility index (Phi) is 6.09. The normalized spacial score (nSPS) is 12.4. The van der Waals surface area contributed by atoms with Gasteiger partial charge in [-0.15, -0.1) is 0 Å². The van der Waals surface area contributed by atoms with Crippen molar-refractivity contribution < 1.29 is 9.18 Å². The number of benzene rings is 1. The third-order valence-electron chi connectivity index (χ3n) is 3.79. The van der Waals surface area contributed by atoms with Crippen LogP contribution in [-0.4, -0.2) is 34.8 Å². The van der Waals surface area contributed by atoms with Crippen LogP contribution in [-0.2, 0) is 0 Å². The maximum atomic E-state index is 13.1. The number of hydrogen-bond acceptors (Lipinski definition) is 3. The van der Waals surface area contributed by atoms with Crippen molar-refractivity contribution in [3.63, 3.8) is 0 Å². The van der Waals surface area contributed by atoms with Gasteiger partial charge in [0.05, 0.1) is 23.1 Å². The van der Waals surface area contributed by atoms with E-state index in [1.54, 1.807) is 23.0 Å². The standard InChI is InChI=1S/C18H25FN4O/c1-5-20-13(4)10-21-18(24)16-11-22-23(17(16)12(2)3)15-8-6-14(19)7-9-15/h6-9,11-13,20H,5,10H2,1-4H3,(H,21,24)/t13-/m1/s1. The van der Waals surface area contributed by atoms with Crippen LogP contribution in [0.5, 0.6) is 0 Å². The molecule has 1 heterocycles. The molecular formula is C18H25FN4O. The van der Waals surface area contributed by atoms with Crippen LogP contribution < -0.4 is 10.6 Å². The van der Waals surface area contributed by atoms with Crippen molar-refractivity contribution in [1.29, 1.82) is 0 Å². The second kappa shape index (κ2) is 8.06. The Balaban J connectivity index is 2.25. The lowest BCUT2D eigenvalue weighted by Gasteiger charge is -2.15. The Morgan fingerprint density at radius 3 is 2.50 bits per heavy atom. The molecule has 0 aliphatic heterocycles. The average molecular weight is 332 g/mol. The molecule has 0 radical (unpaired) electrons. The molecular weight excluding hydrogens is 307 g/mol. The quantitative estimate of drug-likeness (QED) is 0.820. The molecule has 6 heteroatoms. The molecule has 0 aliphatic carbocycles. The minimum Gasteiger partial charge on any atom is -0.350 e. The van der Waals surface area contributed by atoms with Crippen LogP contribution >= 0.6 is 0 Å². The van der Waals surface area contributed by atoms with Gasteiger partial charge in [-0.3, -0.25) is 4.79 Å². The van der Waals surface area contributed by atoms with Crippen molar-refractivity contribution in [1.82, 2.24) is 20.4 Å². The third kappa shape index (κ3) is 4.20. The summed E-state index contributed by atoms with van der Waals surface area (Å²) in [6.07, 6.45) is 1.58. The van der Waals surface area contributed by atoms with E-state index in [2.05, 4.69) is 15.7 Å². The minimum atomic E-state index is -0.299. The molecule has 2 N–H and O–H groups in total. The number of halogens is 1. The predicted molar refractivity (Wildman–Crippen MR) is 93.1 cm³/mol. The summed E-state index contributed by atoms with van der Waals surface area (Å²) in [6, 6.07) is 6.29. The van der Waals surface area contributed by atoms with Crippen LogP contribution in [0, 0.1) is 5.82 Å². The minimum absolute atomic E-state index is 0.101. The monoisotopic (exact) mass is 332 g/mol. The Labute approximate surface area is 142 Å². The molecule has 1 aromatic heterocycles. The highest BCUT2D eigenvalue weighted by molar-refractivity contribution is 5.95. The fraction of sp³-hybridized carbons (Fsp3) is 0.444. The van der Waals surface area contributed by atoms with Gasteiger partial charge in [0.25, 0.3) is 5.91 Å². The lowest BCUT2D eigenvalue weighted by molar-refractivity contribution is 0.0949. The van der Waals surface area contributed by atoms with Gasteiger partial charge in [0.1, 0.15) is 5.82 Å². The van der Waals surface area contributed by atoms with Gasteiger partial charge in [-0.25, -0.2) is 9.07 Å². The van der Waals surface area contributed by atoms with E-state index in [0.29, 0.717) is 12.1 Å². The maximum Gasteiger partial charge on any atom is 0.254 e. The number of rotatable bonds is 7. The molecule has 0 bridgehead atoms. The summed E-state index contributed by atoms with van der Waals surface area (Å²) in [5.74, 6) is -0.339. The topological polar surface area (TPSA) is 58.9 Å². The van der Waals surface area contributed by atoms with Crippen LogP contribution in [0.2, 0.25) is 0 Å². The van der Waals surface area contributed by atoms with Gasteiger partial charge in [0.15, 0.2) is 0 Å². The van der Waals surface area contributed by atoms with E-state index in [9.17, 15) is 9.18 Å². The first kappa shape index (κ1) is 18.1. The number of carbonyl (C=O) groups is 1. The van der Waals surface area contributed by atoms with Crippen LogP contribution in [0.1, 0.15) is 49.7 Å². The van der Waals surface area contributed by atoms with Crippen molar-refractivity contribution in [2.45, 2.75) is 39.7 Å². The lowest BCUT2D eigenvalue weighted by atomic mass is 10.0. The van der Waals surface area contributed by atoms with E-state index in [1.807, 2.05) is 27.7 Å². The first-order chi connectivity index (χ1) is 11.4. The summed E-state index contributed by atoms with van der Waals surface area (Å²) in [5, 5.41) is 10.5. The molecule has 5 nitrogen and oxygen atoms in total. The van der Waals surface area contributed by atoms with E-state index in [1.165, 1.54) is 12.1 Å². The number of amides is 1. The first-order valence-electron chi connectivity index (χ1n) is 8.29. The Hall–Kier alpha value is -2.21. The van der Waals surface area contributed by atoms with Gasteiger partial charge in [0, 0.05) is 12.6 Å². The van der Waals surface area contributed by atoms with E-state index >= 15 is 0 Å². The molecule has 1 aromatic carbocycles. The van der Waals surface area contributed by atoms with Crippen LogP contribution in [0.25, 0.3) is 5.69 Å². The fourth-order valence-electron chi connectivity index (χ4n) is 2.64. The van der Waals surface area contributed by atoms with Crippen molar-refractivity contribution in [2.24, 2.45) is 0 Å². The lowest BCUT2D eigenvalue weighted by Crippen LogP contribution is -2.39. The largest absolute Gasteiger partial charge is 0.350 e. The average Bonchev–Trinajstić information content (AvgIpc) is 2.99. The van der Waals surface area contributed by atoms with Gasteiger partial charge < -0.3 is 10.6 Å². The van der Waals surface area contributed by atoms with Crippen molar-refractivity contribution in [2.75, 3.05) is 13.1 Å². The van der Waals surface area contributed by atoms with Gasteiger partial charge in [0.2, 0.25) is 0 Å². The summed E-state index contributed by atoms with van der Waals surface area (Å²) >= 11 is 0. The van der Waals surface area contributed by atoms with E-state index in [0.717, 1.165) is 17.9 Å². The predicted octanol–water partition coefficient (Wildman–Crippen LogP) is 2.86. The van der Waals surface area contributed by atoms with Gasteiger partial charge in [-0.1, -0.05) is 20.8 Å². The highest BCUT2D eigenvalue weighted by Crippen LogP contribution is 2.23. The molecule has 1 atom stereocenters. The summed E-state index contributed by atoms with van der Waals surface area (Å²) in [4.78, 5) is 12.5. The van der Waals surface area contributed by atoms with Gasteiger partial charge >= 0.3 is 0 Å². The summed E-state index contributed by atoms with van der Waals surface area (Å²) < 4.78 is 14.8. The zero-order valence-electron chi connectivity index (χ0n) is 14.6. The van der Waals surface area contributed by atoms with Gasteiger partial charge in [-0.05, 0) is 43.7 Å². The summed E-state index contributed by atoms with van der Waals surface area (Å²) in [7, 11) is 0. The molecule has 0 aliphatic rings. The first-order valence-corrected chi connectivity index (χ1v) is 8.29. The summed E-state index contributed by atoms with van der Waals surface area (Å²) in [5.41, 5.74) is 2.11. The van der Waals surface area contributed by atoms with Gasteiger partial charge in [-0.2, -0.15) is 5.10 Å². The molecule has 0 unspecified atom stereocenters. The molecule has 2 rings (SSSR count). The number of nitrogens with zero attached hydrogens (tertiary/aromatic N) is 2. The number of likely N-dealkylation sites (N-methyl/N-ethyl adjacent to an activating group) is 1. The Morgan fingerprint density at radius 2 is 1.92 bits per heavy atom. The zero-order valence-corrected chi connectivity index (χ0v) is 14.6. The second-order valence-corrected chi connectivity index (χ2v) is 6.16. The second-order valence-electron chi connectivity index (χ2n) is 6.16. The fourth-order valence-corrected chi connectivity index (χ4v) is 2.64. The molecule has 0 fully saturated rings. The zero-order chi connectivity index (χ0) is 17.7. The van der Waals surface area contributed by atoms with Crippen molar-refractivity contribution in [3.05, 3.63) is 47.5 Å². The molecule has 2 aromatic rings. The Bertz CT molecular complexity index is 679. The van der Waals surface area contributed by atoms with E-state index in [4.69, 9.17) is 0 Å². The van der Waals surface area contributed by atoms with E-state index in [-0.39, 0.29) is 23.7 Å². The van der Waals surface area contributed by atoms with Crippen molar-refractivity contribution in [3.8, 4) is 5.69 Å². The SMILES string of the molecule is CCN[C@H](C)CNC(=O)c1cnn(-c2ccc(F)cc2)c1C(C)C. The molecule has 1 amide bonds. The van der Waals surface area contributed by atoms with E-state index < -0.39 is 0 Å². The molecule has 0 saturated heterocycles. The van der Waals surface area contributed by atoms with Crippen molar-refractivity contribution >= 4 is 5.91 Å². The highest BCUT2D eigenvalue weighted by Gasteiger charge is 2.21.